The van der Waals surface area contributed by atoms with Crippen LogP contribution < -0.4 is 9.62 Å². The second kappa shape index (κ2) is 6.44. The van der Waals surface area contributed by atoms with Crippen molar-refractivity contribution in [3.63, 3.8) is 0 Å². The van der Waals surface area contributed by atoms with Crippen LogP contribution >= 0.6 is 0 Å². The first-order valence-corrected chi connectivity index (χ1v) is 10.5. The van der Waals surface area contributed by atoms with E-state index in [0.717, 1.165) is 22.7 Å². The Bertz CT molecular complexity index is 807. The molecule has 7 nitrogen and oxygen atoms in total. The number of carbonyl (C=O) groups excluding carboxylic acids is 1. The van der Waals surface area contributed by atoms with Crippen LogP contribution in [0.5, 0.6) is 0 Å². The Morgan fingerprint density at radius 2 is 2.13 bits per heavy atom. The number of nitrogens with one attached hydrogen (secondary N) is 1. The van der Waals surface area contributed by atoms with E-state index in [-0.39, 0.29) is 17.2 Å². The molecule has 1 aromatic rings. The summed E-state index contributed by atoms with van der Waals surface area (Å²) in [5.41, 5.74) is 0.0293. The minimum atomic E-state index is -3.80. The minimum absolute atomic E-state index is 0.00235. The third kappa shape index (κ3) is 4.90. The van der Waals surface area contributed by atoms with E-state index >= 15 is 0 Å². The minimum Gasteiger partial charge on any atom is -0.351 e. The lowest BCUT2D eigenvalue weighted by atomic mass is 10.2. The van der Waals surface area contributed by atoms with E-state index in [0.29, 0.717) is 6.42 Å². The molecule has 128 valence electrons. The molecule has 10 heteroatoms. The molecule has 0 aromatic heterocycles. The number of amides is 1. The first kappa shape index (κ1) is 17.7. The van der Waals surface area contributed by atoms with Crippen molar-refractivity contribution in [1.82, 2.24) is 5.32 Å². The summed E-state index contributed by atoms with van der Waals surface area (Å²) in [6.45, 7) is -0.543. The Morgan fingerprint density at radius 1 is 1.43 bits per heavy atom. The van der Waals surface area contributed by atoms with Gasteiger partial charge in [-0.15, -0.1) is 0 Å². The maximum Gasteiger partial charge on any atom is 0.241 e. The first-order chi connectivity index (χ1) is 10.6. The molecule has 1 fully saturated rings. The second-order valence-electron chi connectivity index (χ2n) is 5.42. The first-order valence-electron chi connectivity index (χ1n) is 6.80. The second-order valence-corrected chi connectivity index (χ2v) is 9.55. The summed E-state index contributed by atoms with van der Waals surface area (Å²) in [5.74, 6) is -1.42. The summed E-state index contributed by atoms with van der Waals surface area (Å²) >= 11 is 0. The van der Waals surface area contributed by atoms with Crippen molar-refractivity contribution < 1.29 is 26.0 Å². The molecular weight excluding hydrogens is 347 g/mol. The van der Waals surface area contributed by atoms with E-state index in [9.17, 15) is 26.0 Å². The fourth-order valence-corrected chi connectivity index (χ4v) is 4.87. The van der Waals surface area contributed by atoms with Crippen LogP contribution in [0.4, 0.5) is 10.1 Å². The van der Waals surface area contributed by atoms with Crippen LogP contribution in [0.1, 0.15) is 6.42 Å². The molecule has 1 aliphatic rings. The van der Waals surface area contributed by atoms with E-state index in [1.165, 1.54) is 12.1 Å². The van der Waals surface area contributed by atoms with Crippen LogP contribution in [0, 0.1) is 5.82 Å². The zero-order valence-corrected chi connectivity index (χ0v) is 14.0. The van der Waals surface area contributed by atoms with Crippen molar-refractivity contribution in [1.29, 1.82) is 0 Å². The average Bonchev–Trinajstić information content (AvgIpc) is 2.74. The van der Waals surface area contributed by atoms with Crippen LogP contribution in [0.3, 0.4) is 0 Å². The highest BCUT2D eigenvalue weighted by Gasteiger charge is 2.30. The van der Waals surface area contributed by atoms with Crippen molar-refractivity contribution >= 4 is 31.5 Å². The summed E-state index contributed by atoms with van der Waals surface area (Å²) in [7, 11) is -6.95. The zero-order valence-electron chi connectivity index (χ0n) is 12.4. The summed E-state index contributed by atoms with van der Waals surface area (Å²) in [6, 6.07) is 4.35. The van der Waals surface area contributed by atoms with Crippen LogP contribution in [-0.2, 0) is 24.7 Å². The summed E-state index contributed by atoms with van der Waals surface area (Å²) in [6.07, 6.45) is 1.21. The lowest BCUT2D eigenvalue weighted by molar-refractivity contribution is -0.120. The van der Waals surface area contributed by atoms with Crippen LogP contribution in [0.2, 0.25) is 0 Å². The van der Waals surface area contributed by atoms with Crippen molar-refractivity contribution in [2.45, 2.75) is 12.5 Å². The molecule has 0 radical (unpaired) electrons. The fraction of sp³-hybridized carbons (Fsp3) is 0.462. The smallest absolute Gasteiger partial charge is 0.241 e. The van der Waals surface area contributed by atoms with E-state index < -0.39 is 44.2 Å². The molecule has 0 saturated carbocycles. The van der Waals surface area contributed by atoms with E-state index in [4.69, 9.17) is 0 Å². The highest BCUT2D eigenvalue weighted by molar-refractivity contribution is 7.92. The number of anilines is 1. The average molecular weight is 364 g/mol. The van der Waals surface area contributed by atoms with Gasteiger partial charge in [-0.1, -0.05) is 6.07 Å². The largest absolute Gasteiger partial charge is 0.351 e. The van der Waals surface area contributed by atoms with E-state index in [1.807, 2.05) is 0 Å². The number of sulfone groups is 1. The molecule has 23 heavy (non-hydrogen) atoms. The Kier molecular flexibility index (Phi) is 4.95. The molecule has 1 heterocycles. The van der Waals surface area contributed by atoms with Gasteiger partial charge in [0.1, 0.15) is 12.4 Å². The van der Waals surface area contributed by atoms with Gasteiger partial charge in [0, 0.05) is 6.04 Å². The number of carbonyl (C=O) groups is 1. The van der Waals surface area contributed by atoms with Gasteiger partial charge in [-0.3, -0.25) is 9.10 Å². The zero-order chi connectivity index (χ0) is 17.3. The Balaban J connectivity index is 2.11. The van der Waals surface area contributed by atoms with Crippen LogP contribution in [0.25, 0.3) is 0 Å². The molecule has 2 rings (SSSR count). The maximum absolute atomic E-state index is 13.3. The Labute approximate surface area is 134 Å². The number of nitrogens with zero attached hydrogens (tertiary/aromatic N) is 1. The van der Waals surface area contributed by atoms with Gasteiger partial charge in [0.2, 0.25) is 15.9 Å². The lowest BCUT2D eigenvalue weighted by Crippen LogP contribution is -2.44. The van der Waals surface area contributed by atoms with E-state index in [2.05, 4.69) is 5.32 Å². The topological polar surface area (TPSA) is 101 Å². The highest BCUT2D eigenvalue weighted by atomic mass is 32.2. The number of benzene rings is 1. The number of rotatable bonds is 5. The maximum atomic E-state index is 13.3. The van der Waals surface area contributed by atoms with Crippen molar-refractivity contribution in [3.05, 3.63) is 30.1 Å². The molecule has 1 atom stereocenters. The van der Waals surface area contributed by atoms with E-state index in [1.54, 1.807) is 0 Å². The van der Waals surface area contributed by atoms with Crippen molar-refractivity contribution in [3.8, 4) is 0 Å². The SMILES string of the molecule is CS(=O)(=O)N(CC(=O)N[C@H]1CCS(=O)(=O)C1)c1cccc(F)c1. The normalized spacial score (nSPS) is 20.2. The number of sulfonamides is 1. The summed E-state index contributed by atoms with van der Waals surface area (Å²) < 4.78 is 60.5. The number of halogens is 1. The number of hydrogen-bond donors (Lipinski definition) is 1. The quantitative estimate of drug-likeness (QED) is 0.786. The summed E-state index contributed by atoms with van der Waals surface area (Å²) in [5, 5.41) is 2.50. The molecule has 1 amide bonds. The van der Waals surface area contributed by atoms with Gasteiger partial charge in [0.25, 0.3) is 0 Å². The fourth-order valence-electron chi connectivity index (χ4n) is 2.34. The van der Waals surface area contributed by atoms with Crippen molar-refractivity contribution in [2.75, 3.05) is 28.6 Å². The Morgan fingerprint density at radius 3 is 2.65 bits per heavy atom. The molecule has 1 aliphatic heterocycles. The van der Waals surface area contributed by atoms with Gasteiger partial charge in [0.15, 0.2) is 9.84 Å². The summed E-state index contributed by atoms with van der Waals surface area (Å²) in [4.78, 5) is 12.0. The molecule has 1 saturated heterocycles. The third-order valence-electron chi connectivity index (χ3n) is 3.38. The van der Waals surface area contributed by atoms with Gasteiger partial charge in [-0.2, -0.15) is 0 Å². The monoisotopic (exact) mass is 364 g/mol. The third-order valence-corrected chi connectivity index (χ3v) is 6.29. The molecule has 0 aliphatic carbocycles. The molecule has 0 bridgehead atoms. The van der Waals surface area contributed by atoms with Gasteiger partial charge in [-0.05, 0) is 24.6 Å². The van der Waals surface area contributed by atoms with Crippen LogP contribution in [-0.4, -0.2) is 53.1 Å². The van der Waals surface area contributed by atoms with Gasteiger partial charge >= 0.3 is 0 Å². The van der Waals surface area contributed by atoms with Crippen molar-refractivity contribution in [2.24, 2.45) is 0 Å². The molecule has 0 spiro atoms. The predicted octanol–water partition coefficient (Wildman–Crippen LogP) is -0.105. The lowest BCUT2D eigenvalue weighted by Gasteiger charge is -2.22. The molecule has 1 N–H and O–H groups in total. The molecule has 0 unspecified atom stereocenters. The van der Waals surface area contributed by atoms with Gasteiger partial charge < -0.3 is 5.32 Å². The standard InChI is InChI=1S/C13H17FN2O5S2/c1-22(18,19)16(12-4-2-3-10(14)7-12)8-13(17)15-11-5-6-23(20,21)9-11/h2-4,7,11H,5-6,8-9H2,1H3,(H,15,17)/t11-/m0/s1. The number of hydrogen-bond acceptors (Lipinski definition) is 5. The Hall–Kier alpha value is -1.68. The molecular formula is C13H17FN2O5S2. The van der Waals surface area contributed by atoms with Crippen LogP contribution in [0.15, 0.2) is 24.3 Å². The predicted molar refractivity (Wildman–Crippen MR) is 83.8 cm³/mol. The van der Waals surface area contributed by atoms with Gasteiger partial charge in [-0.25, -0.2) is 21.2 Å². The van der Waals surface area contributed by atoms with Gasteiger partial charge in [0.05, 0.1) is 23.4 Å². The molecule has 1 aromatic carbocycles. The highest BCUT2D eigenvalue weighted by Crippen LogP contribution is 2.18.